The van der Waals surface area contributed by atoms with E-state index in [2.05, 4.69) is 0 Å². The highest BCUT2D eigenvalue weighted by molar-refractivity contribution is 5.81. The van der Waals surface area contributed by atoms with Crippen molar-refractivity contribution in [2.75, 3.05) is 0 Å². The average molecular weight is 164 g/mol. The molecule has 0 unspecified atom stereocenters. The van der Waals surface area contributed by atoms with Gasteiger partial charge in [-0.3, -0.25) is 5.21 Å². The fourth-order valence-corrected chi connectivity index (χ4v) is 1.18. The maximum absolute atomic E-state index is 13.0. The minimum absolute atomic E-state index is 0.270. The first kappa shape index (κ1) is 7.03. The topological polar surface area (TPSA) is 24.1 Å². The van der Waals surface area contributed by atoms with Gasteiger partial charge < -0.3 is 0 Å². The zero-order valence-corrected chi connectivity index (χ0v) is 6.24. The van der Waals surface area contributed by atoms with Crippen molar-refractivity contribution in [2.24, 2.45) is 0 Å². The lowest BCUT2D eigenvalue weighted by atomic mass is 10.2. The second-order valence-electron chi connectivity index (χ2n) is 2.57. The molecule has 1 heterocycles. The largest absolute Gasteiger partial charge is 0.285 e. The van der Waals surface area contributed by atoms with Gasteiger partial charge in [0.1, 0.15) is 5.82 Å². The lowest BCUT2D eigenvalue weighted by Crippen LogP contribution is -2.27. The van der Waals surface area contributed by atoms with E-state index >= 15 is 0 Å². The Hall–Kier alpha value is -1.64. The van der Waals surface area contributed by atoms with Crippen molar-refractivity contribution in [3.8, 4) is 0 Å². The van der Waals surface area contributed by atoms with E-state index in [1.165, 1.54) is 24.5 Å². The van der Waals surface area contributed by atoms with E-state index in [1.807, 2.05) is 0 Å². The minimum Gasteiger partial charge on any atom is -0.285 e. The second-order valence-corrected chi connectivity index (χ2v) is 2.57. The first-order chi connectivity index (χ1) is 5.77. The van der Waals surface area contributed by atoms with Crippen LogP contribution >= 0.6 is 0 Å². The molecule has 1 aromatic carbocycles. The maximum atomic E-state index is 13.0. The Labute approximate surface area is 68.5 Å². The highest BCUT2D eigenvalue weighted by Gasteiger charge is 2.03. The van der Waals surface area contributed by atoms with Gasteiger partial charge in [0, 0.05) is 16.2 Å². The van der Waals surface area contributed by atoms with Gasteiger partial charge in [0.05, 0.1) is 5.39 Å². The Morgan fingerprint density at radius 1 is 1.25 bits per heavy atom. The molecule has 0 saturated heterocycles. The van der Waals surface area contributed by atoms with E-state index in [1.54, 1.807) is 12.1 Å². The van der Waals surface area contributed by atoms with Crippen LogP contribution in [0.1, 0.15) is 0 Å². The Morgan fingerprint density at radius 3 is 2.92 bits per heavy atom. The zero-order valence-electron chi connectivity index (χ0n) is 6.24. The fraction of sp³-hybridized carbons (Fsp3) is 0. The number of halogens is 1. The van der Waals surface area contributed by atoms with Crippen LogP contribution < -0.4 is 4.73 Å². The summed E-state index contributed by atoms with van der Waals surface area (Å²) in [6, 6.07) is 6.28. The van der Waals surface area contributed by atoms with Gasteiger partial charge in [0.2, 0.25) is 12.4 Å². The molecule has 0 atom stereocenters. The summed E-state index contributed by atoms with van der Waals surface area (Å²) in [6.45, 7) is 0. The quantitative estimate of drug-likeness (QED) is 0.463. The summed E-state index contributed by atoms with van der Waals surface area (Å²) in [5.74, 6) is -0.270. The molecular formula is C9H7FNO+. The van der Waals surface area contributed by atoms with E-state index in [0.29, 0.717) is 10.8 Å². The summed E-state index contributed by atoms with van der Waals surface area (Å²) in [6.07, 6.45) is 2.85. The fourth-order valence-electron chi connectivity index (χ4n) is 1.18. The van der Waals surface area contributed by atoms with Gasteiger partial charge in [-0.15, -0.1) is 0 Å². The molecule has 3 heteroatoms. The highest BCUT2D eigenvalue weighted by Crippen LogP contribution is 2.14. The van der Waals surface area contributed by atoms with Crippen LogP contribution in [0.2, 0.25) is 0 Å². The molecule has 0 aliphatic rings. The smallest absolute Gasteiger partial charge is 0.230 e. The lowest BCUT2D eigenvalue weighted by Gasteiger charge is -1.93. The monoisotopic (exact) mass is 164 g/mol. The number of rotatable bonds is 0. The number of hydrogen-bond donors (Lipinski definition) is 1. The highest BCUT2D eigenvalue weighted by atomic mass is 19.1. The summed E-state index contributed by atoms with van der Waals surface area (Å²) in [7, 11) is 0. The summed E-state index contributed by atoms with van der Waals surface area (Å²) in [4.78, 5) is 0. The summed E-state index contributed by atoms with van der Waals surface area (Å²) in [5, 5.41) is 10.2. The van der Waals surface area contributed by atoms with Crippen LogP contribution in [0.15, 0.2) is 36.7 Å². The van der Waals surface area contributed by atoms with Crippen molar-refractivity contribution in [2.45, 2.75) is 0 Å². The van der Waals surface area contributed by atoms with Gasteiger partial charge in [-0.25, -0.2) is 4.39 Å². The molecule has 2 aromatic rings. The zero-order chi connectivity index (χ0) is 8.55. The molecule has 0 spiro atoms. The standard InChI is InChI=1S/C9H7FNO/c10-9-3-1-2-7-6-11(12)5-4-8(7)9/h1-6,12H/q+1. The molecule has 0 aliphatic heterocycles. The molecule has 2 rings (SSSR count). The maximum Gasteiger partial charge on any atom is 0.230 e. The van der Waals surface area contributed by atoms with Gasteiger partial charge in [0.25, 0.3) is 0 Å². The van der Waals surface area contributed by atoms with Crippen LogP contribution in [0.25, 0.3) is 10.8 Å². The van der Waals surface area contributed by atoms with E-state index in [9.17, 15) is 4.39 Å². The molecule has 1 aromatic heterocycles. The van der Waals surface area contributed by atoms with E-state index in [-0.39, 0.29) is 5.82 Å². The second kappa shape index (κ2) is 2.44. The van der Waals surface area contributed by atoms with E-state index in [4.69, 9.17) is 5.21 Å². The van der Waals surface area contributed by atoms with Gasteiger partial charge in [-0.1, -0.05) is 6.07 Å². The number of aromatic nitrogens is 1. The summed E-state index contributed by atoms with van der Waals surface area (Å²) >= 11 is 0. The third-order valence-corrected chi connectivity index (χ3v) is 1.75. The van der Waals surface area contributed by atoms with Crippen molar-refractivity contribution < 1.29 is 14.3 Å². The van der Waals surface area contributed by atoms with Crippen molar-refractivity contribution in [1.82, 2.24) is 0 Å². The molecule has 0 aliphatic carbocycles. The molecule has 12 heavy (non-hydrogen) atoms. The van der Waals surface area contributed by atoms with Gasteiger partial charge in [-0.2, -0.15) is 0 Å². The van der Waals surface area contributed by atoms with Gasteiger partial charge >= 0.3 is 0 Å². The first-order valence-electron chi connectivity index (χ1n) is 3.56. The predicted molar refractivity (Wildman–Crippen MR) is 41.3 cm³/mol. The SMILES string of the molecule is O[n+]1ccc2c(F)cccc2c1. The average Bonchev–Trinajstić information content (AvgIpc) is 2.04. The normalized spacial score (nSPS) is 10.4. The predicted octanol–water partition coefficient (Wildman–Crippen LogP) is 1.50. The van der Waals surface area contributed by atoms with Crippen LogP contribution in [0.5, 0.6) is 0 Å². The minimum atomic E-state index is -0.270. The number of hydrogen-bond acceptors (Lipinski definition) is 1. The van der Waals surface area contributed by atoms with Crippen LogP contribution in [0.3, 0.4) is 0 Å². The Bertz CT molecular complexity index is 428. The molecule has 0 fully saturated rings. The van der Waals surface area contributed by atoms with Crippen molar-refractivity contribution >= 4 is 10.8 Å². The van der Waals surface area contributed by atoms with Crippen LogP contribution in [-0.2, 0) is 0 Å². The van der Waals surface area contributed by atoms with Gasteiger partial charge in [-0.05, 0) is 12.1 Å². The molecule has 1 N–H and O–H groups in total. The number of nitrogens with zero attached hydrogens (tertiary/aromatic N) is 1. The number of fused-ring (bicyclic) bond motifs is 1. The summed E-state index contributed by atoms with van der Waals surface area (Å²) < 4.78 is 13.9. The molecule has 0 saturated carbocycles. The van der Waals surface area contributed by atoms with E-state index < -0.39 is 0 Å². The molecule has 0 bridgehead atoms. The molecule has 0 amide bonds. The first-order valence-corrected chi connectivity index (χ1v) is 3.56. The van der Waals surface area contributed by atoms with Gasteiger partial charge in [0.15, 0.2) is 0 Å². The van der Waals surface area contributed by atoms with Crippen molar-refractivity contribution in [3.05, 3.63) is 42.5 Å². The Balaban J connectivity index is 2.86. The van der Waals surface area contributed by atoms with Crippen molar-refractivity contribution in [1.29, 1.82) is 0 Å². The molecule has 60 valence electrons. The molecular weight excluding hydrogens is 157 g/mol. The van der Waals surface area contributed by atoms with Crippen LogP contribution in [-0.4, -0.2) is 5.21 Å². The third-order valence-electron chi connectivity index (χ3n) is 1.75. The number of pyridine rings is 1. The van der Waals surface area contributed by atoms with Crippen LogP contribution in [0.4, 0.5) is 4.39 Å². The Morgan fingerprint density at radius 2 is 2.08 bits per heavy atom. The number of benzene rings is 1. The lowest BCUT2D eigenvalue weighted by molar-refractivity contribution is -0.903. The Kier molecular flexibility index (Phi) is 1.43. The van der Waals surface area contributed by atoms with E-state index in [0.717, 1.165) is 4.73 Å². The van der Waals surface area contributed by atoms with Crippen molar-refractivity contribution in [3.63, 3.8) is 0 Å². The van der Waals surface area contributed by atoms with Crippen LogP contribution in [0, 0.1) is 5.82 Å². The molecule has 2 nitrogen and oxygen atoms in total. The summed E-state index contributed by atoms with van der Waals surface area (Å²) in [5.41, 5.74) is 0. The molecule has 0 radical (unpaired) electrons. The third kappa shape index (κ3) is 0.993.